The van der Waals surface area contributed by atoms with Gasteiger partial charge in [-0.05, 0) is 11.4 Å². The number of amides is 2. The van der Waals surface area contributed by atoms with Crippen LogP contribution in [-0.2, 0) is 35.2 Å². The smallest absolute Gasteiger partial charge is 0.372 e. The zero-order valence-electron chi connectivity index (χ0n) is 12.4. The first-order valence-electron chi connectivity index (χ1n) is 7.16. The number of nitrogens with one attached hydrogen (secondary N) is 1. The largest absolute Gasteiger partial charge is 0.477 e. The van der Waals surface area contributed by atoms with Crippen LogP contribution in [0.15, 0.2) is 17.5 Å². The van der Waals surface area contributed by atoms with Gasteiger partial charge in [0.2, 0.25) is 5.91 Å². The maximum absolute atomic E-state index is 12.4. The van der Waals surface area contributed by atoms with E-state index in [-0.39, 0.29) is 31.8 Å². The molecule has 128 valence electrons. The Morgan fingerprint density at radius 3 is 2.83 bits per heavy atom. The Hall–Kier alpha value is -2.46. The molecule has 2 N–H and O–H groups in total. The highest BCUT2D eigenvalue weighted by Crippen LogP contribution is 2.34. The first-order chi connectivity index (χ1) is 11.4. The molecule has 1 aromatic heterocycles. The van der Waals surface area contributed by atoms with Crippen molar-refractivity contribution in [2.45, 2.75) is 31.0 Å². The monoisotopic (exact) mass is 354 g/mol. The summed E-state index contributed by atoms with van der Waals surface area (Å²) in [5.74, 6) is -3.35. The quantitative estimate of drug-likeness (QED) is 0.694. The predicted molar refractivity (Wildman–Crippen MR) is 78.4 cm³/mol. The van der Waals surface area contributed by atoms with E-state index in [0.717, 1.165) is 4.88 Å². The van der Waals surface area contributed by atoms with Crippen molar-refractivity contribution in [3.8, 4) is 0 Å². The lowest BCUT2D eigenvalue weighted by atomic mass is 10.1. The predicted octanol–water partition coefficient (Wildman–Crippen LogP) is -0.333. The maximum Gasteiger partial charge on any atom is 0.372 e. The fraction of sp³-hybridized carbons (Fsp3) is 0.429. The summed E-state index contributed by atoms with van der Waals surface area (Å²) in [4.78, 5) is 53.1. The second kappa shape index (κ2) is 6.21. The van der Waals surface area contributed by atoms with E-state index in [2.05, 4.69) is 5.32 Å². The molecule has 24 heavy (non-hydrogen) atoms. The maximum atomic E-state index is 12.4. The molecular weight excluding hydrogens is 340 g/mol. The summed E-state index contributed by atoms with van der Waals surface area (Å²) < 4.78 is 4.83. The average Bonchev–Trinajstić information content (AvgIpc) is 3.22. The second-order valence-corrected chi connectivity index (χ2v) is 6.40. The topological polar surface area (TPSA) is 122 Å². The molecule has 2 amide bonds. The number of ether oxygens (including phenoxy) is 1. The van der Waals surface area contributed by atoms with Gasteiger partial charge in [0.15, 0.2) is 0 Å². The minimum Gasteiger partial charge on any atom is -0.477 e. The van der Waals surface area contributed by atoms with Crippen LogP contribution in [0.4, 0.5) is 0 Å². The molecular formula is C14H14N2O7S. The molecule has 9 nitrogen and oxygen atoms in total. The highest BCUT2D eigenvalue weighted by Gasteiger charge is 2.59. The average molecular weight is 354 g/mol. The number of hydrogen-bond acceptors (Lipinski definition) is 7. The van der Waals surface area contributed by atoms with Crippen molar-refractivity contribution in [2.75, 3.05) is 6.61 Å². The fourth-order valence-electron chi connectivity index (χ4n) is 2.57. The molecule has 2 aliphatic rings. The van der Waals surface area contributed by atoms with Gasteiger partial charge in [-0.25, -0.2) is 4.79 Å². The number of carboxylic acids is 1. The van der Waals surface area contributed by atoms with Gasteiger partial charge in [0.05, 0.1) is 12.8 Å². The van der Waals surface area contributed by atoms with Crippen LogP contribution < -0.4 is 5.32 Å². The van der Waals surface area contributed by atoms with Crippen LogP contribution in [0.25, 0.3) is 0 Å². The van der Waals surface area contributed by atoms with E-state index in [1.54, 1.807) is 6.07 Å². The first kappa shape index (κ1) is 16.4. The summed E-state index contributed by atoms with van der Waals surface area (Å²) in [6, 6.07) is 2.58. The Labute approximate surface area is 140 Å². The Morgan fingerprint density at radius 1 is 1.46 bits per heavy atom. The molecule has 2 fully saturated rings. The van der Waals surface area contributed by atoms with Gasteiger partial charge >= 0.3 is 17.7 Å². The lowest BCUT2D eigenvalue weighted by molar-refractivity contribution is -0.256. The molecule has 0 radical (unpaired) electrons. The number of nitrogens with zero attached hydrogens (tertiary/aromatic N) is 1. The van der Waals surface area contributed by atoms with Gasteiger partial charge in [-0.1, -0.05) is 6.07 Å². The number of carbonyl (C=O) groups excluding carboxylic acids is 3. The molecule has 0 saturated carbocycles. The van der Waals surface area contributed by atoms with Gasteiger partial charge in [0.1, 0.15) is 12.6 Å². The standard InChI is InChI=1S/C14H14N2O7S/c17-10(6-8-2-1-5-24-8)15-9-7-22-16(12(9)19)14(13(20)21)4-3-11(18)23-14/h1-2,5,9H,3-4,6-7H2,(H,15,17)(H,20,21)/t9-,14?/m0/s1. The molecule has 0 aliphatic carbocycles. The number of carbonyl (C=O) groups is 4. The first-order valence-corrected chi connectivity index (χ1v) is 8.04. The minimum atomic E-state index is -2.17. The molecule has 3 heterocycles. The van der Waals surface area contributed by atoms with Crippen LogP contribution in [0.5, 0.6) is 0 Å². The Kier molecular flexibility index (Phi) is 4.24. The normalized spacial score (nSPS) is 26.5. The van der Waals surface area contributed by atoms with Gasteiger partial charge in [-0.3, -0.25) is 19.2 Å². The molecule has 10 heteroatoms. The highest BCUT2D eigenvalue weighted by molar-refractivity contribution is 7.10. The van der Waals surface area contributed by atoms with Gasteiger partial charge < -0.3 is 15.2 Å². The van der Waals surface area contributed by atoms with E-state index >= 15 is 0 Å². The molecule has 0 spiro atoms. The van der Waals surface area contributed by atoms with Crippen LogP contribution in [-0.4, -0.2) is 52.3 Å². The van der Waals surface area contributed by atoms with Gasteiger partial charge in [0.25, 0.3) is 5.91 Å². The number of cyclic esters (lactones) is 1. The molecule has 0 aromatic carbocycles. The van der Waals surface area contributed by atoms with E-state index in [1.165, 1.54) is 11.3 Å². The van der Waals surface area contributed by atoms with E-state index in [9.17, 15) is 24.3 Å². The molecule has 2 atom stereocenters. The van der Waals surface area contributed by atoms with E-state index in [4.69, 9.17) is 9.57 Å². The SMILES string of the molecule is O=C(Cc1cccs1)N[C@H]1CON(C2(C(=O)O)CCC(=O)O2)C1=O. The number of hydrogen-bond donors (Lipinski definition) is 2. The van der Waals surface area contributed by atoms with Crippen LogP contribution in [0, 0.1) is 0 Å². The van der Waals surface area contributed by atoms with Crippen molar-refractivity contribution < 1.29 is 33.9 Å². The lowest BCUT2D eigenvalue weighted by Gasteiger charge is -2.30. The van der Waals surface area contributed by atoms with Crippen molar-refractivity contribution in [1.82, 2.24) is 10.4 Å². The van der Waals surface area contributed by atoms with Gasteiger partial charge in [-0.2, -0.15) is 5.06 Å². The van der Waals surface area contributed by atoms with Crippen LogP contribution in [0.3, 0.4) is 0 Å². The zero-order chi connectivity index (χ0) is 17.3. The second-order valence-electron chi connectivity index (χ2n) is 5.37. The number of thiophene rings is 1. The number of rotatable bonds is 5. The summed E-state index contributed by atoms with van der Waals surface area (Å²) in [7, 11) is 0. The van der Waals surface area contributed by atoms with Crippen molar-refractivity contribution in [3.63, 3.8) is 0 Å². The Morgan fingerprint density at radius 2 is 2.25 bits per heavy atom. The van der Waals surface area contributed by atoms with Crippen molar-refractivity contribution in [3.05, 3.63) is 22.4 Å². The van der Waals surface area contributed by atoms with Crippen LogP contribution in [0.1, 0.15) is 17.7 Å². The summed E-state index contributed by atoms with van der Waals surface area (Å²) in [6.07, 6.45) is -0.224. The molecule has 1 aromatic rings. The van der Waals surface area contributed by atoms with E-state index in [1.807, 2.05) is 11.4 Å². The number of hydroxylamine groups is 2. The highest BCUT2D eigenvalue weighted by atomic mass is 32.1. The zero-order valence-corrected chi connectivity index (χ0v) is 13.2. The van der Waals surface area contributed by atoms with E-state index < -0.39 is 29.6 Å². The van der Waals surface area contributed by atoms with Gasteiger partial charge in [0, 0.05) is 11.3 Å². The molecule has 1 unspecified atom stereocenters. The summed E-state index contributed by atoms with van der Waals surface area (Å²) in [5.41, 5.74) is -2.17. The van der Waals surface area contributed by atoms with Gasteiger partial charge in [-0.15, -0.1) is 11.3 Å². The third kappa shape index (κ3) is 2.85. The third-order valence-corrected chi connectivity index (χ3v) is 4.61. The third-order valence-electron chi connectivity index (χ3n) is 3.73. The molecule has 2 saturated heterocycles. The van der Waals surface area contributed by atoms with Crippen molar-refractivity contribution >= 4 is 35.1 Å². The molecule has 0 bridgehead atoms. The number of carboxylic acid groups (broad SMARTS) is 1. The number of aliphatic carboxylic acids is 1. The fourth-order valence-corrected chi connectivity index (χ4v) is 3.27. The molecule has 3 rings (SSSR count). The van der Waals surface area contributed by atoms with Crippen LogP contribution >= 0.6 is 11.3 Å². The summed E-state index contributed by atoms with van der Waals surface area (Å²) in [5, 5.41) is 14.3. The van der Waals surface area contributed by atoms with E-state index in [0.29, 0.717) is 5.06 Å². The Bertz CT molecular complexity index is 689. The summed E-state index contributed by atoms with van der Waals surface area (Å²) >= 11 is 1.41. The minimum absolute atomic E-state index is 0.112. The summed E-state index contributed by atoms with van der Waals surface area (Å²) in [6.45, 7) is -0.221. The lowest BCUT2D eigenvalue weighted by Crippen LogP contribution is -2.56. The Balaban J connectivity index is 1.67. The van der Waals surface area contributed by atoms with Crippen LogP contribution in [0.2, 0.25) is 0 Å². The van der Waals surface area contributed by atoms with Crippen molar-refractivity contribution in [2.24, 2.45) is 0 Å². The number of esters is 1. The van der Waals surface area contributed by atoms with Crippen molar-refractivity contribution in [1.29, 1.82) is 0 Å². The molecule has 2 aliphatic heterocycles.